The van der Waals surface area contributed by atoms with Crippen molar-refractivity contribution < 1.29 is 0 Å². The first kappa shape index (κ1) is 10.2. The third-order valence-electron chi connectivity index (χ3n) is 2.88. The lowest BCUT2D eigenvalue weighted by Crippen LogP contribution is -2.22. The topological polar surface area (TPSA) is 52.0 Å². The number of hydrogen-bond donors (Lipinski definition) is 2. The molecule has 0 aliphatic heterocycles. The van der Waals surface area contributed by atoms with Gasteiger partial charge in [-0.3, -0.25) is 0 Å². The number of aryl methyl sites for hydroxylation is 1. The molecule has 0 spiro atoms. The second kappa shape index (κ2) is 3.48. The molecule has 0 aromatic heterocycles. The van der Waals surface area contributed by atoms with E-state index >= 15 is 0 Å². The maximum Gasteiger partial charge on any atom is 0.0787 e. The molecule has 0 saturated heterocycles. The summed E-state index contributed by atoms with van der Waals surface area (Å²) in [6, 6.07) is 2.09. The molecule has 0 aliphatic carbocycles. The third kappa shape index (κ3) is 1.74. The molecule has 1 aromatic rings. The molecular formula is C11H18N2. The van der Waals surface area contributed by atoms with Gasteiger partial charge in [0.1, 0.15) is 0 Å². The predicted octanol–water partition coefficient (Wildman–Crippen LogP) is 1.84. The number of rotatable bonds is 1. The quantitative estimate of drug-likeness (QED) is 0.645. The number of nitrogens with two attached hydrogens (primary N) is 2. The Morgan fingerprint density at radius 2 is 1.46 bits per heavy atom. The van der Waals surface area contributed by atoms with Crippen LogP contribution in [0.25, 0.3) is 0 Å². The van der Waals surface area contributed by atoms with Crippen molar-refractivity contribution in [3.63, 3.8) is 0 Å². The van der Waals surface area contributed by atoms with E-state index in [0.717, 1.165) is 5.56 Å². The molecule has 4 N–H and O–H groups in total. The summed E-state index contributed by atoms with van der Waals surface area (Å²) in [5.74, 6) is 0. The van der Waals surface area contributed by atoms with Crippen LogP contribution in [-0.4, -0.2) is 0 Å². The van der Waals surface area contributed by atoms with E-state index in [2.05, 4.69) is 33.8 Å². The summed E-state index contributed by atoms with van der Waals surface area (Å²) in [5.41, 5.74) is 17.5. The second-order valence-corrected chi connectivity index (χ2v) is 3.68. The van der Waals surface area contributed by atoms with Gasteiger partial charge in [-0.2, -0.15) is 0 Å². The first-order valence-corrected chi connectivity index (χ1v) is 4.53. The molecule has 2 nitrogen and oxygen atoms in total. The Labute approximate surface area is 79.9 Å². The highest BCUT2D eigenvalue weighted by Gasteiger charge is 2.09. The highest BCUT2D eigenvalue weighted by atomic mass is 14.8. The lowest BCUT2D eigenvalue weighted by atomic mass is 9.93. The lowest BCUT2D eigenvalue weighted by molar-refractivity contribution is 0.763. The summed E-state index contributed by atoms with van der Waals surface area (Å²) in [7, 11) is 0. The molecule has 1 rings (SSSR count). The van der Waals surface area contributed by atoms with E-state index in [1.807, 2.05) is 0 Å². The van der Waals surface area contributed by atoms with Gasteiger partial charge in [-0.1, -0.05) is 6.07 Å². The van der Waals surface area contributed by atoms with Crippen molar-refractivity contribution in [1.82, 2.24) is 0 Å². The van der Waals surface area contributed by atoms with Crippen LogP contribution < -0.4 is 11.5 Å². The maximum absolute atomic E-state index is 5.68. The van der Waals surface area contributed by atoms with Crippen molar-refractivity contribution >= 4 is 0 Å². The van der Waals surface area contributed by atoms with E-state index in [0.29, 0.717) is 0 Å². The van der Waals surface area contributed by atoms with Crippen LogP contribution in [0.5, 0.6) is 0 Å². The van der Waals surface area contributed by atoms with Crippen LogP contribution in [0.4, 0.5) is 0 Å². The molecule has 0 bridgehead atoms. The summed E-state index contributed by atoms with van der Waals surface area (Å²) in [5, 5.41) is 0. The smallest absolute Gasteiger partial charge is 0.0787 e. The average Bonchev–Trinajstić information content (AvgIpc) is 2.07. The minimum Gasteiger partial charge on any atom is -0.312 e. The van der Waals surface area contributed by atoms with E-state index in [9.17, 15) is 0 Å². The second-order valence-electron chi connectivity index (χ2n) is 3.68. The van der Waals surface area contributed by atoms with E-state index < -0.39 is 0 Å². The Morgan fingerprint density at radius 3 is 1.92 bits per heavy atom. The van der Waals surface area contributed by atoms with Crippen LogP contribution in [0.15, 0.2) is 6.07 Å². The minimum absolute atomic E-state index is 0.363. The van der Waals surface area contributed by atoms with Gasteiger partial charge in [-0.15, -0.1) is 0 Å². The number of hydrogen-bond acceptors (Lipinski definition) is 2. The van der Waals surface area contributed by atoms with E-state index in [-0.39, 0.29) is 6.17 Å². The molecule has 0 unspecified atom stereocenters. The normalized spacial score (nSPS) is 11.0. The lowest BCUT2D eigenvalue weighted by Gasteiger charge is -2.16. The summed E-state index contributed by atoms with van der Waals surface area (Å²) < 4.78 is 0. The molecule has 0 heterocycles. The summed E-state index contributed by atoms with van der Waals surface area (Å²) in [6.45, 7) is 8.41. The molecule has 0 fully saturated rings. The third-order valence-corrected chi connectivity index (χ3v) is 2.88. The molecular weight excluding hydrogens is 160 g/mol. The summed E-state index contributed by atoms with van der Waals surface area (Å²) in [6.07, 6.45) is -0.363. The molecule has 0 aliphatic rings. The molecule has 13 heavy (non-hydrogen) atoms. The maximum atomic E-state index is 5.68. The first-order chi connectivity index (χ1) is 5.95. The molecule has 2 heteroatoms. The van der Waals surface area contributed by atoms with Crippen molar-refractivity contribution in [1.29, 1.82) is 0 Å². The molecule has 1 aromatic carbocycles. The van der Waals surface area contributed by atoms with Crippen LogP contribution in [0.2, 0.25) is 0 Å². The monoisotopic (exact) mass is 178 g/mol. The largest absolute Gasteiger partial charge is 0.312 e. The molecule has 72 valence electrons. The standard InChI is InChI=1S/C11H18N2/c1-6-5-10(11(12)13)9(4)8(3)7(6)2/h5,11H,12-13H2,1-4H3. The van der Waals surface area contributed by atoms with Crippen LogP contribution in [0, 0.1) is 27.7 Å². The molecule has 0 amide bonds. The fourth-order valence-corrected chi connectivity index (χ4v) is 1.59. The molecule has 0 atom stereocenters. The highest BCUT2D eigenvalue weighted by Crippen LogP contribution is 2.22. The van der Waals surface area contributed by atoms with Gasteiger partial charge in [0.2, 0.25) is 0 Å². The zero-order chi connectivity index (χ0) is 10.2. The molecule has 0 saturated carbocycles. The van der Waals surface area contributed by atoms with Gasteiger partial charge in [0, 0.05) is 0 Å². The minimum atomic E-state index is -0.363. The zero-order valence-electron chi connectivity index (χ0n) is 8.81. The molecule has 0 radical (unpaired) electrons. The van der Waals surface area contributed by atoms with Gasteiger partial charge >= 0.3 is 0 Å². The average molecular weight is 178 g/mol. The summed E-state index contributed by atoms with van der Waals surface area (Å²) in [4.78, 5) is 0. The van der Waals surface area contributed by atoms with Gasteiger partial charge in [0.15, 0.2) is 0 Å². The van der Waals surface area contributed by atoms with Gasteiger partial charge < -0.3 is 11.5 Å². The van der Waals surface area contributed by atoms with Crippen LogP contribution in [-0.2, 0) is 0 Å². The Balaban J connectivity index is 3.41. The Bertz CT molecular complexity index is 327. The number of benzene rings is 1. The van der Waals surface area contributed by atoms with Gasteiger partial charge in [0.05, 0.1) is 6.17 Å². The van der Waals surface area contributed by atoms with Crippen molar-refractivity contribution in [2.45, 2.75) is 33.9 Å². The predicted molar refractivity (Wildman–Crippen MR) is 56.5 cm³/mol. The van der Waals surface area contributed by atoms with Crippen LogP contribution >= 0.6 is 0 Å². The zero-order valence-corrected chi connectivity index (χ0v) is 8.81. The van der Waals surface area contributed by atoms with E-state index in [1.165, 1.54) is 22.3 Å². The summed E-state index contributed by atoms with van der Waals surface area (Å²) >= 11 is 0. The van der Waals surface area contributed by atoms with Gasteiger partial charge in [0.25, 0.3) is 0 Å². The van der Waals surface area contributed by atoms with Gasteiger partial charge in [-0.05, 0) is 55.5 Å². The SMILES string of the molecule is Cc1cc(C(N)N)c(C)c(C)c1C. The Morgan fingerprint density at radius 1 is 0.923 bits per heavy atom. The van der Waals surface area contributed by atoms with Crippen molar-refractivity contribution in [2.75, 3.05) is 0 Å². The van der Waals surface area contributed by atoms with Crippen molar-refractivity contribution in [3.05, 3.63) is 33.9 Å². The Kier molecular flexibility index (Phi) is 2.74. The van der Waals surface area contributed by atoms with Crippen molar-refractivity contribution in [2.24, 2.45) is 11.5 Å². The fourth-order valence-electron chi connectivity index (χ4n) is 1.59. The first-order valence-electron chi connectivity index (χ1n) is 4.53. The Hall–Kier alpha value is -0.860. The van der Waals surface area contributed by atoms with E-state index in [1.54, 1.807) is 0 Å². The highest BCUT2D eigenvalue weighted by molar-refractivity contribution is 5.44. The van der Waals surface area contributed by atoms with Crippen LogP contribution in [0.3, 0.4) is 0 Å². The fraction of sp³-hybridized carbons (Fsp3) is 0.455. The van der Waals surface area contributed by atoms with Crippen molar-refractivity contribution in [3.8, 4) is 0 Å². The van der Waals surface area contributed by atoms with E-state index in [4.69, 9.17) is 11.5 Å². The van der Waals surface area contributed by atoms with Crippen LogP contribution in [0.1, 0.15) is 34.0 Å². The van der Waals surface area contributed by atoms with Gasteiger partial charge in [-0.25, -0.2) is 0 Å².